The first-order valence-corrected chi connectivity index (χ1v) is 4.77. The molecule has 1 atom stereocenters. The highest BCUT2D eigenvalue weighted by atomic mass is 16.5. The molecule has 1 rings (SSSR count). The highest BCUT2D eigenvalue weighted by Crippen LogP contribution is 2.25. The minimum atomic E-state index is -0.293. The number of amidine groups is 1. The van der Waals surface area contributed by atoms with Crippen molar-refractivity contribution in [3.8, 4) is 0 Å². The van der Waals surface area contributed by atoms with Gasteiger partial charge >= 0.3 is 0 Å². The molecule has 4 nitrogen and oxygen atoms in total. The molecule has 1 heterocycles. The summed E-state index contributed by atoms with van der Waals surface area (Å²) in [7, 11) is 0. The van der Waals surface area contributed by atoms with Gasteiger partial charge in [-0.05, 0) is 33.6 Å². The topological polar surface area (TPSA) is 59.6 Å². The monoisotopic (exact) mass is 185 g/mol. The van der Waals surface area contributed by atoms with Crippen molar-refractivity contribution in [1.29, 1.82) is 0 Å². The molecule has 3 N–H and O–H groups in total. The molecule has 76 valence electrons. The van der Waals surface area contributed by atoms with E-state index in [2.05, 4.69) is 10.4 Å². The fourth-order valence-electron chi connectivity index (χ4n) is 1.55. The predicted octanol–water partition coefficient (Wildman–Crippen LogP) is 0.826. The third-order valence-electron chi connectivity index (χ3n) is 2.24. The normalized spacial score (nSPS) is 29.8. The minimum Gasteiger partial charge on any atom is -0.367 e. The van der Waals surface area contributed by atoms with E-state index in [-0.39, 0.29) is 11.6 Å². The maximum atomic E-state index is 5.62. The van der Waals surface area contributed by atoms with Crippen molar-refractivity contribution in [2.24, 2.45) is 10.8 Å². The van der Waals surface area contributed by atoms with Crippen molar-refractivity contribution in [3.63, 3.8) is 0 Å². The molecule has 1 aliphatic rings. The van der Waals surface area contributed by atoms with Crippen LogP contribution in [0.5, 0.6) is 0 Å². The number of nitrogens with zero attached hydrogens (tertiary/aromatic N) is 1. The molecule has 13 heavy (non-hydrogen) atoms. The van der Waals surface area contributed by atoms with Crippen molar-refractivity contribution < 1.29 is 4.74 Å². The average molecular weight is 185 g/mol. The minimum absolute atomic E-state index is 0.243. The molecule has 0 aromatic heterocycles. The maximum Gasteiger partial charge on any atom is 0.143 e. The van der Waals surface area contributed by atoms with E-state index in [1.54, 1.807) is 0 Å². The summed E-state index contributed by atoms with van der Waals surface area (Å²) < 4.78 is 5.62. The second-order valence-electron chi connectivity index (χ2n) is 3.90. The molecule has 1 unspecified atom stereocenters. The van der Waals surface area contributed by atoms with Crippen LogP contribution in [0.15, 0.2) is 4.99 Å². The molecule has 0 radical (unpaired) electrons. The first-order valence-electron chi connectivity index (χ1n) is 4.77. The van der Waals surface area contributed by atoms with Gasteiger partial charge in [-0.3, -0.25) is 4.99 Å². The predicted molar refractivity (Wildman–Crippen MR) is 53.5 cm³/mol. The molecule has 0 amide bonds. The smallest absolute Gasteiger partial charge is 0.143 e. The van der Waals surface area contributed by atoms with Crippen LogP contribution in [0, 0.1) is 0 Å². The lowest BCUT2D eigenvalue weighted by Crippen LogP contribution is -2.47. The van der Waals surface area contributed by atoms with E-state index in [0.29, 0.717) is 0 Å². The number of hydrogen-bond donors (Lipinski definition) is 2. The number of rotatable bonds is 2. The third-order valence-corrected chi connectivity index (χ3v) is 2.24. The molecule has 1 fully saturated rings. The van der Waals surface area contributed by atoms with Gasteiger partial charge in [0.15, 0.2) is 0 Å². The Kier molecular flexibility index (Phi) is 3.27. The second kappa shape index (κ2) is 4.07. The van der Waals surface area contributed by atoms with Crippen molar-refractivity contribution in [3.05, 3.63) is 0 Å². The molecular formula is C9H19N3O. The number of hydrazine groups is 1. The highest BCUT2D eigenvalue weighted by molar-refractivity contribution is 5.90. The first kappa shape index (κ1) is 10.5. The molecule has 1 saturated heterocycles. The molecule has 1 aliphatic heterocycles. The maximum absolute atomic E-state index is 5.62. The standard InChI is InChI=1S/C9H19N3O/c1-7(2)11-8(12-10)9(3)5-4-6-13-9/h7H,4-6,10H2,1-3H3,(H,11,12). The van der Waals surface area contributed by atoms with Gasteiger partial charge in [0, 0.05) is 12.6 Å². The summed E-state index contributed by atoms with van der Waals surface area (Å²) in [5.41, 5.74) is 2.35. The Bertz CT molecular complexity index is 195. The summed E-state index contributed by atoms with van der Waals surface area (Å²) in [6.45, 7) is 6.88. The van der Waals surface area contributed by atoms with Crippen LogP contribution in [-0.2, 0) is 4.74 Å². The number of hydrogen-bond acceptors (Lipinski definition) is 3. The van der Waals surface area contributed by atoms with Crippen molar-refractivity contribution in [2.75, 3.05) is 6.61 Å². The SMILES string of the molecule is CC(C)N=C(NN)C1(C)CCCO1. The Morgan fingerprint density at radius 1 is 1.62 bits per heavy atom. The molecule has 0 bridgehead atoms. The Hall–Kier alpha value is -0.610. The van der Waals surface area contributed by atoms with E-state index in [1.165, 1.54) is 0 Å². The number of ether oxygens (including phenoxy) is 1. The van der Waals surface area contributed by atoms with Gasteiger partial charge in [-0.1, -0.05) is 0 Å². The zero-order valence-electron chi connectivity index (χ0n) is 8.63. The van der Waals surface area contributed by atoms with Crippen molar-refractivity contribution in [1.82, 2.24) is 5.43 Å². The highest BCUT2D eigenvalue weighted by Gasteiger charge is 2.35. The Morgan fingerprint density at radius 2 is 2.31 bits per heavy atom. The number of nitrogens with one attached hydrogen (secondary N) is 1. The van der Waals surface area contributed by atoms with Gasteiger partial charge in [-0.25, -0.2) is 5.84 Å². The van der Waals surface area contributed by atoms with Gasteiger partial charge in [0.1, 0.15) is 11.4 Å². The number of nitrogens with two attached hydrogens (primary N) is 1. The Labute approximate surface area is 79.5 Å². The van der Waals surface area contributed by atoms with Gasteiger partial charge in [0.25, 0.3) is 0 Å². The lowest BCUT2D eigenvalue weighted by molar-refractivity contribution is 0.0743. The van der Waals surface area contributed by atoms with E-state index in [9.17, 15) is 0 Å². The third kappa shape index (κ3) is 2.42. The summed E-state index contributed by atoms with van der Waals surface area (Å²) in [4.78, 5) is 4.40. The van der Waals surface area contributed by atoms with E-state index in [0.717, 1.165) is 25.3 Å². The summed E-state index contributed by atoms with van der Waals surface area (Å²) in [6, 6.07) is 0.243. The van der Waals surface area contributed by atoms with Crippen molar-refractivity contribution >= 4 is 5.84 Å². The summed E-state index contributed by atoms with van der Waals surface area (Å²) in [6.07, 6.45) is 2.07. The van der Waals surface area contributed by atoms with Gasteiger partial charge < -0.3 is 10.2 Å². The van der Waals surface area contributed by atoms with Crippen LogP contribution < -0.4 is 11.3 Å². The quantitative estimate of drug-likeness (QED) is 0.290. The molecule has 0 spiro atoms. The van der Waals surface area contributed by atoms with Crippen molar-refractivity contribution in [2.45, 2.75) is 45.3 Å². The van der Waals surface area contributed by atoms with Crippen LogP contribution in [0.4, 0.5) is 0 Å². The zero-order chi connectivity index (χ0) is 9.90. The van der Waals surface area contributed by atoms with E-state index >= 15 is 0 Å². The molecule has 0 aromatic carbocycles. The fourth-order valence-corrected chi connectivity index (χ4v) is 1.55. The van der Waals surface area contributed by atoms with Crippen LogP contribution >= 0.6 is 0 Å². The van der Waals surface area contributed by atoms with Crippen LogP contribution in [0.25, 0.3) is 0 Å². The second-order valence-corrected chi connectivity index (χ2v) is 3.90. The van der Waals surface area contributed by atoms with Crippen LogP contribution in [0.1, 0.15) is 33.6 Å². The largest absolute Gasteiger partial charge is 0.367 e. The zero-order valence-corrected chi connectivity index (χ0v) is 8.63. The van der Waals surface area contributed by atoms with Crippen LogP contribution in [-0.4, -0.2) is 24.1 Å². The van der Waals surface area contributed by atoms with Gasteiger partial charge in [-0.15, -0.1) is 0 Å². The molecule has 0 aromatic rings. The van der Waals surface area contributed by atoms with Gasteiger partial charge in [0.2, 0.25) is 0 Å². The van der Waals surface area contributed by atoms with Gasteiger partial charge in [0.05, 0.1) is 0 Å². The molecular weight excluding hydrogens is 166 g/mol. The summed E-state index contributed by atoms with van der Waals surface area (Å²) >= 11 is 0. The fraction of sp³-hybridized carbons (Fsp3) is 0.889. The van der Waals surface area contributed by atoms with Crippen LogP contribution in [0.3, 0.4) is 0 Å². The summed E-state index contributed by atoms with van der Waals surface area (Å²) in [5.74, 6) is 6.19. The van der Waals surface area contributed by atoms with Crippen LogP contribution in [0.2, 0.25) is 0 Å². The lowest BCUT2D eigenvalue weighted by Gasteiger charge is -2.25. The first-order chi connectivity index (χ1) is 6.08. The number of aliphatic imine (C=N–C) groups is 1. The Morgan fingerprint density at radius 3 is 2.69 bits per heavy atom. The van der Waals surface area contributed by atoms with E-state index < -0.39 is 0 Å². The molecule has 0 aliphatic carbocycles. The van der Waals surface area contributed by atoms with E-state index in [4.69, 9.17) is 10.6 Å². The summed E-state index contributed by atoms with van der Waals surface area (Å²) in [5, 5.41) is 0. The van der Waals surface area contributed by atoms with Gasteiger partial charge in [-0.2, -0.15) is 0 Å². The molecule has 0 saturated carbocycles. The molecule has 4 heteroatoms. The lowest BCUT2D eigenvalue weighted by atomic mass is 10.0. The Balaban J connectivity index is 2.75. The average Bonchev–Trinajstić information content (AvgIpc) is 2.48. The van der Waals surface area contributed by atoms with E-state index in [1.807, 2.05) is 20.8 Å².